The number of nitrogens with one attached hydrogen (secondary N) is 10. The van der Waals surface area contributed by atoms with Crippen LogP contribution in [0.4, 0.5) is 0 Å². The largest absolute Gasteiger partial charge is 0.391 e. The molecule has 10 amide bonds. The maximum Gasteiger partial charge on any atom is 0.245 e. The summed E-state index contributed by atoms with van der Waals surface area (Å²) < 4.78 is 0. The topological polar surface area (TPSA) is 462 Å². The van der Waals surface area contributed by atoms with Gasteiger partial charge in [0.25, 0.3) is 0 Å². The van der Waals surface area contributed by atoms with Crippen LogP contribution in [-0.2, 0) is 54.4 Å². The number of amides is 10. The fourth-order valence-corrected chi connectivity index (χ4v) is 8.41. The van der Waals surface area contributed by atoms with E-state index in [1.54, 1.807) is 51.1 Å². The highest BCUT2D eigenvalue weighted by molar-refractivity contribution is 5.98. The Balaban J connectivity index is 2.29. The van der Waals surface area contributed by atoms with Gasteiger partial charge in [-0.3, -0.25) is 47.9 Å². The summed E-state index contributed by atoms with van der Waals surface area (Å²) in [6, 6.07) is -3.61. The summed E-state index contributed by atoms with van der Waals surface area (Å²) in [5.74, 6) is -8.43. The van der Waals surface area contributed by atoms with Gasteiger partial charge >= 0.3 is 0 Å². The molecule has 1 aliphatic carbocycles. The second-order valence-electron chi connectivity index (χ2n) is 19.8. The van der Waals surface area contributed by atoms with Gasteiger partial charge in [0, 0.05) is 24.9 Å². The summed E-state index contributed by atoms with van der Waals surface area (Å²) in [6.07, 6.45) is -1.55. The fourth-order valence-electron chi connectivity index (χ4n) is 8.41. The van der Waals surface area contributed by atoms with Crippen molar-refractivity contribution in [1.82, 2.24) is 53.2 Å². The zero-order chi connectivity index (χ0) is 57.9. The minimum Gasteiger partial charge on any atom is -0.391 e. The van der Waals surface area contributed by atoms with Crippen molar-refractivity contribution in [1.29, 1.82) is 0 Å². The number of carbonyl (C=O) groups excluding carboxylic acids is 10. The maximum atomic E-state index is 14.3. The van der Waals surface area contributed by atoms with E-state index < -0.39 is 132 Å². The van der Waals surface area contributed by atoms with Gasteiger partial charge in [-0.1, -0.05) is 44.2 Å². The molecule has 434 valence electrons. The van der Waals surface area contributed by atoms with Gasteiger partial charge in [-0.05, 0) is 117 Å². The van der Waals surface area contributed by atoms with Gasteiger partial charge in [0.2, 0.25) is 59.1 Å². The van der Waals surface area contributed by atoms with Crippen LogP contribution >= 0.6 is 0 Å². The fraction of sp³-hybridized carbons (Fsp3) is 0.680. The molecule has 0 bridgehead atoms. The first-order valence-corrected chi connectivity index (χ1v) is 26.4. The average Bonchev–Trinajstić information content (AvgIpc) is 3.81. The number of hydrogen-bond acceptors (Lipinski definition) is 17. The van der Waals surface area contributed by atoms with E-state index in [0.717, 1.165) is 0 Å². The first kappa shape index (κ1) is 66.8. The average molecular weight is 1090 g/mol. The minimum absolute atomic E-state index is 0.0539. The van der Waals surface area contributed by atoms with Crippen LogP contribution in [0.15, 0.2) is 30.3 Å². The molecule has 1 aromatic rings. The van der Waals surface area contributed by atoms with E-state index in [4.69, 9.17) is 28.7 Å². The second kappa shape index (κ2) is 34.4. The van der Waals surface area contributed by atoms with Gasteiger partial charge < -0.3 is 92.0 Å². The molecule has 1 aliphatic rings. The summed E-state index contributed by atoms with van der Waals surface area (Å²) in [4.78, 5) is 136. The van der Waals surface area contributed by atoms with Crippen LogP contribution < -0.4 is 81.8 Å². The minimum atomic E-state index is -1.43. The molecular formula is C50H87N15O12. The van der Waals surface area contributed by atoms with Crippen molar-refractivity contribution in [3.63, 3.8) is 0 Å². The monoisotopic (exact) mass is 1090 g/mol. The predicted octanol–water partition coefficient (Wildman–Crippen LogP) is -5.92. The van der Waals surface area contributed by atoms with Crippen molar-refractivity contribution >= 4 is 59.1 Å². The van der Waals surface area contributed by atoms with Gasteiger partial charge in [0.15, 0.2) is 0 Å². The molecule has 0 spiro atoms. The molecule has 0 aromatic heterocycles. The Labute approximate surface area is 450 Å². The van der Waals surface area contributed by atoms with Crippen molar-refractivity contribution in [2.45, 2.75) is 172 Å². The van der Waals surface area contributed by atoms with Gasteiger partial charge in [0.05, 0.1) is 12.2 Å². The Morgan fingerprint density at radius 3 is 1.35 bits per heavy atom. The van der Waals surface area contributed by atoms with Gasteiger partial charge in [-0.25, -0.2) is 0 Å². The SMILES string of the molecule is CCNC(=O)[C@@H](NC(=O)[C@H](CCN)NC(=O)[C@H](CCN)NC(=O)[C@H](CC(C)C)NC(=O)[C@@H](Cc1ccccc1)NC(=O)[C@H](CCN)NC(=O)[C@H](C)NC(=O)[C@H](CCN)NC(=O)[C@@H](NC(=O)[C@H]1CC[C@@H](N)C1)C(C)O)C(C)O. The van der Waals surface area contributed by atoms with E-state index in [0.29, 0.717) is 24.8 Å². The van der Waals surface area contributed by atoms with Crippen LogP contribution in [0.2, 0.25) is 0 Å². The van der Waals surface area contributed by atoms with Crippen LogP contribution in [0, 0.1) is 11.8 Å². The van der Waals surface area contributed by atoms with E-state index >= 15 is 0 Å². The summed E-state index contributed by atoms with van der Waals surface area (Å²) >= 11 is 0. The standard InChI is InChI=1S/C50H87N15O12/c1-7-56-49(76)39(28(5)66)65-46(73)36(18-22-54)59-44(71)35(17-21-53)60-47(74)37(23-26(2)3)62-48(75)38(24-30-11-9-8-10-12-30)63-45(72)34(16-20-52)58-41(68)27(4)57-43(70)33(15-19-51)61-50(77)40(29(6)67)64-42(69)31-13-14-32(55)25-31/h8-12,26-29,31-40,66-67H,7,13-25,51-55H2,1-6H3,(H,56,76)(H,57,70)(H,58,68)(H,59,71)(H,60,74)(H,61,77)(H,62,75)(H,63,72)(H,64,69)(H,65,73)/t27-,28?,29?,31-,32+,33-,34-,35-,36-,37-,38+,39-,40-/m0/s1. The van der Waals surface area contributed by atoms with Crippen LogP contribution in [0.3, 0.4) is 0 Å². The number of benzene rings is 1. The molecule has 27 nitrogen and oxygen atoms in total. The first-order chi connectivity index (χ1) is 36.4. The Morgan fingerprint density at radius 1 is 0.506 bits per heavy atom. The van der Waals surface area contributed by atoms with Crippen molar-refractivity contribution in [2.24, 2.45) is 40.5 Å². The smallest absolute Gasteiger partial charge is 0.245 e. The Kier molecular flexibility index (Phi) is 29.8. The normalized spacial score (nSPS) is 18.4. The Bertz CT molecular complexity index is 2100. The van der Waals surface area contributed by atoms with E-state index in [9.17, 15) is 58.2 Å². The summed E-state index contributed by atoms with van der Waals surface area (Å²) in [5.41, 5.74) is 29.8. The molecular weight excluding hydrogens is 1000 g/mol. The van der Waals surface area contributed by atoms with Gasteiger partial charge in [-0.2, -0.15) is 0 Å². The predicted molar refractivity (Wildman–Crippen MR) is 285 cm³/mol. The van der Waals surface area contributed by atoms with Crippen molar-refractivity contribution in [3.8, 4) is 0 Å². The third kappa shape index (κ3) is 23.0. The molecule has 0 heterocycles. The molecule has 1 saturated carbocycles. The molecule has 1 aromatic carbocycles. The first-order valence-electron chi connectivity index (χ1n) is 26.4. The lowest BCUT2D eigenvalue weighted by Crippen LogP contribution is -2.61. The number of hydrogen-bond donors (Lipinski definition) is 17. The maximum absolute atomic E-state index is 14.3. The molecule has 0 radical (unpaired) electrons. The lowest BCUT2D eigenvalue weighted by Gasteiger charge is -2.28. The van der Waals surface area contributed by atoms with Crippen LogP contribution in [-0.4, -0.2) is 175 Å². The lowest BCUT2D eigenvalue weighted by molar-refractivity contribution is -0.136. The van der Waals surface area contributed by atoms with E-state index in [-0.39, 0.29) is 83.2 Å². The number of carbonyl (C=O) groups is 10. The summed E-state index contributed by atoms with van der Waals surface area (Å²) in [7, 11) is 0. The zero-order valence-corrected chi connectivity index (χ0v) is 45.2. The highest BCUT2D eigenvalue weighted by Gasteiger charge is 2.37. The quantitative estimate of drug-likeness (QED) is 0.0306. The number of rotatable bonds is 34. The van der Waals surface area contributed by atoms with E-state index in [2.05, 4.69) is 53.2 Å². The van der Waals surface area contributed by atoms with Crippen LogP contribution in [0.1, 0.15) is 98.5 Å². The van der Waals surface area contributed by atoms with Crippen molar-refractivity contribution in [2.75, 3.05) is 32.7 Å². The molecule has 0 aliphatic heterocycles. The number of nitrogens with two attached hydrogens (primary N) is 5. The highest BCUT2D eigenvalue weighted by atomic mass is 16.3. The lowest BCUT2D eigenvalue weighted by atomic mass is 10.00. The molecule has 2 unspecified atom stereocenters. The number of likely N-dealkylation sites (N-methyl/N-ethyl adjacent to an activating group) is 1. The van der Waals surface area contributed by atoms with Crippen LogP contribution in [0.25, 0.3) is 0 Å². The molecule has 13 atom stereocenters. The molecule has 2 rings (SSSR count). The van der Waals surface area contributed by atoms with Crippen molar-refractivity contribution in [3.05, 3.63) is 35.9 Å². The van der Waals surface area contributed by atoms with Gasteiger partial charge in [0.1, 0.15) is 54.4 Å². The third-order valence-corrected chi connectivity index (χ3v) is 12.7. The highest BCUT2D eigenvalue weighted by Crippen LogP contribution is 2.24. The van der Waals surface area contributed by atoms with E-state index in [1.807, 2.05) is 0 Å². The number of aliphatic hydroxyl groups is 2. The van der Waals surface area contributed by atoms with E-state index in [1.165, 1.54) is 20.8 Å². The molecule has 77 heavy (non-hydrogen) atoms. The Hall–Kier alpha value is -6.36. The van der Waals surface area contributed by atoms with Crippen LogP contribution in [0.5, 0.6) is 0 Å². The summed E-state index contributed by atoms with van der Waals surface area (Å²) in [5, 5.41) is 46.2. The zero-order valence-electron chi connectivity index (χ0n) is 45.2. The third-order valence-electron chi connectivity index (χ3n) is 12.7. The molecule has 1 fully saturated rings. The van der Waals surface area contributed by atoms with Crippen molar-refractivity contribution < 1.29 is 58.2 Å². The van der Waals surface area contributed by atoms with Gasteiger partial charge in [-0.15, -0.1) is 0 Å². The summed E-state index contributed by atoms with van der Waals surface area (Å²) in [6.45, 7) is 9.04. The Morgan fingerprint density at radius 2 is 0.909 bits per heavy atom. The molecule has 27 heteroatoms. The molecule has 22 N–H and O–H groups in total. The number of aliphatic hydroxyl groups excluding tert-OH is 2. The molecule has 0 saturated heterocycles. The second-order valence-corrected chi connectivity index (χ2v) is 19.8.